The molecule has 6 heteroatoms. The van der Waals surface area contributed by atoms with E-state index in [-0.39, 0.29) is 11.3 Å². The predicted octanol–water partition coefficient (Wildman–Crippen LogP) is 3.38. The van der Waals surface area contributed by atoms with Crippen LogP contribution in [0.1, 0.15) is 25.7 Å². The highest BCUT2D eigenvalue weighted by Crippen LogP contribution is 2.20. The third kappa shape index (κ3) is 3.82. The lowest BCUT2D eigenvalue weighted by Crippen LogP contribution is -2.28. The first-order valence-corrected chi connectivity index (χ1v) is 7.22. The molecule has 0 saturated heterocycles. The molecule has 0 saturated carbocycles. The van der Waals surface area contributed by atoms with Gasteiger partial charge in [-0.3, -0.25) is 0 Å². The summed E-state index contributed by atoms with van der Waals surface area (Å²) in [5, 5.41) is 14.3. The lowest BCUT2D eigenvalue weighted by Gasteiger charge is -2.09. The van der Waals surface area contributed by atoms with E-state index < -0.39 is 12.0 Å². The number of urea groups is 1. The topological polar surface area (TPSA) is 78.4 Å². The second-order valence-corrected chi connectivity index (χ2v) is 5.95. The Balaban J connectivity index is 1.97. The number of aryl methyl sites for hydroxylation is 2. The number of aromatic carboxylic acids is 1. The van der Waals surface area contributed by atoms with Gasteiger partial charge in [0, 0.05) is 9.75 Å². The zero-order chi connectivity index (χ0) is 15.4. The highest BCUT2D eigenvalue weighted by molar-refractivity contribution is 7.12. The molecule has 2 rings (SSSR count). The number of carbonyl (C=O) groups excluding carboxylic acids is 1. The van der Waals surface area contributed by atoms with Crippen molar-refractivity contribution in [2.24, 2.45) is 0 Å². The van der Waals surface area contributed by atoms with Gasteiger partial charge < -0.3 is 15.7 Å². The van der Waals surface area contributed by atoms with Crippen LogP contribution in [-0.4, -0.2) is 17.1 Å². The Morgan fingerprint density at radius 1 is 1.24 bits per heavy atom. The van der Waals surface area contributed by atoms with Gasteiger partial charge in [-0.05, 0) is 37.6 Å². The molecule has 2 aromatic rings. The average Bonchev–Trinajstić information content (AvgIpc) is 2.76. The molecule has 0 unspecified atom stereocenters. The first kappa shape index (κ1) is 15.1. The molecule has 21 heavy (non-hydrogen) atoms. The monoisotopic (exact) mass is 304 g/mol. The maximum absolute atomic E-state index is 11.8. The van der Waals surface area contributed by atoms with Crippen molar-refractivity contribution in [2.45, 2.75) is 20.4 Å². The number of nitrogens with one attached hydrogen (secondary N) is 2. The molecule has 0 spiro atoms. The van der Waals surface area contributed by atoms with Crippen molar-refractivity contribution in [1.82, 2.24) is 5.32 Å². The molecule has 1 aromatic heterocycles. The summed E-state index contributed by atoms with van der Waals surface area (Å²) < 4.78 is 0. The SMILES string of the molecule is Cc1cc(CNC(=O)Nc2ccccc2C(=O)O)sc1C. The van der Waals surface area contributed by atoms with Crippen LogP contribution < -0.4 is 10.6 Å². The Labute approximate surface area is 126 Å². The molecule has 0 bridgehead atoms. The van der Waals surface area contributed by atoms with Crippen LogP contribution in [-0.2, 0) is 6.54 Å². The highest BCUT2D eigenvalue weighted by atomic mass is 32.1. The van der Waals surface area contributed by atoms with E-state index in [2.05, 4.69) is 10.6 Å². The van der Waals surface area contributed by atoms with Crippen molar-refractivity contribution in [3.63, 3.8) is 0 Å². The molecule has 5 nitrogen and oxygen atoms in total. The third-order valence-corrected chi connectivity index (χ3v) is 4.20. The Morgan fingerprint density at radius 2 is 1.95 bits per heavy atom. The van der Waals surface area contributed by atoms with Gasteiger partial charge in [-0.1, -0.05) is 12.1 Å². The van der Waals surface area contributed by atoms with E-state index in [1.54, 1.807) is 29.5 Å². The number of carbonyl (C=O) groups is 2. The van der Waals surface area contributed by atoms with Crippen LogP contribution in [0.2, 0.25) is 0 Å². The van der Waals surface area contributed by atoms with E-state index in [0.29, 0.717) is 6.54 Å². The van der Waals surface area contributed by atoms with Crippen molar-refractivity contribution in [1.29, 1.82) is 0 Å². The number of carboxylic acid groups (broad SMARTS) is 1. The molecular weight excluding hydrogens is 288 g/mol. The van der Waals surface area contributed by atoms with Gasteiger partial charge in [-0.25, -0.2) is 9.59 Å². The molecule has 2 amide bonds. The maximum atomic E-state index is 11.8. The Morgan fingerprint density at radius 3 is 2.57 bits per heavy atom. The fourth-order valence-electron chi connectivity index (χ4n) is 1.85. The Bertz CT molecular complexity index is 660. The highest BCUT2D eigenvalue weighted by Gasteiger charge is 2.11. The second-order valence-electron chi connectivity index (χ2n) is 4.61. The molecule has 1 heterocycles. The minimum Gasteiger partial charge on any atom is -0.478 e. The molecule has 0 fully saturated rings. The summed E-state index contributed by atoms with van der Waals surface area (Å²) in [4.78, 5) is 25.2. The Kier molecular flexibility index (Phi) is 4.59. The molecule has 0 atom stereocenters. The molecular formula is C15H16N2O3S. The number of anilines is 1. The van der Waals surface area contributed by atoms with Crippen LogP contribution in [0.3, 0.4) is 0 Å². The first-order valence-electron chi connectivity index (χ1n) is 6.40. The number of hydrogen-bond acceptors (Lipinski definition) is 3. The van der Waals surface area contributed by atoms with Gasteiger partial charge in [-0.2, -0.15) is 0 Å². The zero-order valence-corrected chi connectivity index (χ0v) is 12.6. The van der Waals surface area contributed by atoms with E-state index in [0.717, 1.165) is 4.88 Å². The quantitative estimate of drug-likeness (QED) is 0.810. The summed E-state index contributed by atoms with van der Waals surface area (Å²) in [5.41, 5.74) is 1.55. The van der Waals surface area contributed by atoms with Crippen LogP contribution in [0.4, 0.5) is 10.5 Å². The van der Waals surface area contributed by atoms with E-state index in [4.69, 9.17) is 5.11 Å². The second kappa shape index (κ2) is 6.41. The number of carboxylic acids is 1. The van der Waals surface area contributed by atoms with Crippen molar-refractivity contribution in [3.8, 4) is 0 Å². The summed E-state index contributed by atoms with van der Waals surface area (Å²) in [5.74, 6) is -1.07. The van der Waals surface area contributed by atoms with Crippen molar-refractivity contribution < 1.29 is 14.7 Å². The maximum Gasteiger partial charge on any atom is 0.337 e. The van der Waals surface area contributed by atoms with Crippen LogP contribution in [0.25, 0.3) is 0 Å². The van der Waals surface area contributed by atoms with Gasteiger partial charge in [0.25, 0.3) is 0 Å². The number of benzene rings is 1. The predicted molar refractivity (Wildman–Crippen MR) is 83.1 cm³/mol. The van der Waals surface area contributed by atoms with E-state index in [1.807, 2.05) is 19.9 Å². The van der Waals surface area contributed by atoms with Gasteiger partial charge in [0.1, 0.15) is 0 Å². The lowest BCUT2D eigenvalue weighted by atomic mass is 10.2. The standard InChI is InChI=1S/C15H16N2O3S/c1-9-7-11(21-10(9)2)8-16-15(20)17-13-6-4-3-5-12(13)14(18)19/h3-7H,8H2,1-2H3,(H,18,19)(H2,16,17,20). The lowest BCUT2D eigenvalue weighted by molar-refractivity contribution is 0.0698. The largest absolute Gasteiger partial charge is 0.478 e. The van der Waals surface area contributed by atoms with Gasteiger partial charge in [-0.15, -0.1) is 11.3 Å². The van der Waals surface area contributed by atoms with Gasteiger partial charge in [0.2, 0.25) is 0 Å². The molecule has 0 aliphatic rings. The Hall–Kier alpha value is -2.34. The van der Waals surface area contributed by atoms with Crippen molar-refractivity contribution >= 4 is 29.0 Å². The zero-order valence-electron chi connectivity index (χ0n) is 11.8. The average molecular weight is 304 g/mol. The van der Waals surface area contributed by atoms with Crippen molar-refractivity contribution in [2.75, 3.05) is 5.32 Å². The van der Waals surface area contributed by atoms with Crippen molar-refractivity contribution in [3.05, 3.63) is 51.2 Å². The summed E-state index contributed by atoms with van der Waals surface area (Å²) in [6.07, 6.45) is 0. The minimum absolute atomic E-state index is 0.0652. The number of hydrogen-bond donors (Lipinski definition) is 3. The van der Waals surface area contributed by atoms with E-state index >= 15 is 0 Å². The smallest absolute Gasteiger partial charge is 0.337 e. The molecule has 0 aliphatic carbocycles. The van der Waals surface area contributed by atoms with E-state index in [1.165, 1.54) is 16.5 Å². The molecule has 0 aliphatic heterocycles. The normalized spacial score (nSPS) is 10.2. The third-order valence-electron chi connectivity index (χ3n) is 3.05. The number of para-hydroxylation sites is 1. The molecule has 0 radical (unpaired) electrons. The molecule has 3 N–H and O–H groups in total. The van der Waals surface area contributed by atoms with Crippen LogP contribution in [0, 0.1) is 13.8 Å². The first-order chi connectivity index (χ1) is 9.97. The fourth-order valence-corrected chi connectivity index (χ4v) is 2.84. The van der Waals surface area contributed by atoms with Gasteiger partial charge >= 0.3 is 12.0 Å². The number of amides is 2. The van der Waals surface area contributed by atoms with Crippen LogP contribution in [0.15, 0.2) is 30.3 Å². The summed E-state index contributed by atoms with van der Waals surface area (Å²) in [6, 6.07) is 7.91. The van der Waals surface area contributed by atoms with Gasteiger partial charge in [0.05, 0.1) is 17.8 Å². The fraction of sp³-hybridized carbons (Fsp3) is 0.200. The van der Waals surface area contributed by atoms with E-state index in [9.17, 15) is 9.59 Å². The van der Waals surface area contributed by atoms with Crippen LogP contribution >= 0.6 is 11.3 Å². The minimum atomic E-state index is -1.07. The number of thiophene rings is 1. The molecule has 110 valence electrons. The summed E-state index contributed by atoms with van der Waals surface area (Å²) in [6.45, 7) is 4.48. The summed E-state index contributed by atoms with van der Waals surface area (Å²) in [7, 11) is 0. The van der Waals surface area contributed by atoms with Gasteiger partial charge in [0.15, 0.2) is 0 Å². The summed E-state index contributed by atoms with van der Waals surface area (Å²) >= 11 is 1.63. The molecule has 1 aromatic carbocycles. The van der Waals surface area contributed by atoms with Crippen LogP contribution in [0.5, 0.6) is 0 Å². The number of rotatable bonds is 4.